The number of thioether (sulfide) groups is 1. The third-order valence-corrected chi connectivity index (χ3v) is 5.06. The van der Waals surface area contributed by atoms with Gasteiger partial charge in [-0.2, -0.15) is 0 Å². The van der Waals surface area contributed by atoms with E-state index in [9.17, 15) is 4.79 Å². The Morgan fingerprint density at radius 2 is 2.00 bits per heavy atom. The molecule has 5 heteroatoms. The van der Waals surface area contributed by atoms with Crippen molar-refractivity contribution in [2.75, 3.05) is 12.3 Å². The Morgan fingerprint density at radius 1 is 1.33 bits per heavy atom. The van der Waals surface area contributed by atoms with E-state index in [4.69, 9.17) is 10.5 Å². The van der Waals surface area contributed by atoms with Gasteiger partial charge in [0.15, 0.2) is 0 Å². The second-order valence-corrected chi connectivity index (χ2v) is 8.60. The molecule has 1 fully saturated rings. The second-order valence-electron chi connectivity index (χ2n) is 7.26. The van der Waals surface area contributed by atoms with Crippen molar-refractivity contribution in [1.82, 2.24) is 4.90 Å². The molecule has 24 heavy (non-hydrogen) atoms. The summed E-state index contributed by atoms with van der Waals surface area (Å²) < 4.78 is 5.57. The maximum absolute atomic E-state index is 12.5. The number of nitrogens with two attached hydrogens (primary N) is 1. The Hall–Kier alpha value is -1.20. The maximum atomic E-state index is 12.5. The molecule has 0 aromatic heterocycles. The third kappa shape index (κ3) is 5.15. The summed E-state index contributed by atoms with van der Waals surface area (Å²) in [5, 5.41) is 0. The molecule has 0 bridgehead atoms. The third-order valence-electron chi connectivity index (χ3n) is 4.17. The van der Waals surface area contributed by atoms with E-state index >= 15 is 0 Å². The Balaban J connectivity index is 2.12. The molecule has 2 N–H and O–H groups in total. The van der Waals surface area contributed by atoms with Crippen LogP contribution < -0.4 is 5.73 Å². The summed E-state index contributed by atoms with van der Waals surface area (Å²) in [5.74, 6) is 1.06. The van der Waals surface area contributed by atoms with Crippen LogP contribution in [0.4, 0.5) is 4.79 Å². The monoisotopic (exact) mass is 350 g/mol. The summed E-state index contributed by atoms with van der Waals surface area (Å²) in [6.07, 6.45) is 2.78. The van der Waals surface area contributed by atoms with Crippen molar-refractivity contribution >= 4 is 17.9 Å². The largest absolute Gasteiger partial charge is 0.444 e. The van der Waals surface area contributed by atoms with Crippen molar-refractivity contribution in [2.24, 2.45) is 5.73 Å². The van der Waals surface area contributed by atoms with Gasteiger partial charge in [0, 0.05) is 11.4 Å². The average molecular weight is 351 g/mol. The molecule has 1 aromatic rings. The minimum Gasteiger partial charge on any atom is -0.444 e. The number of rotatable bonds is 4. The number of ether oxygens (including phenoxy) is 1. The molecule has 1 saturated heterocycles. The Morgan fingerprint density at radius 3 is 2.58 bits per heavy atom. The fraction of sp³-hybridized carbons (Fsp3) is 0.632. The van der Waals surface area contributed by atoms with Gasteiger partial charge < -0.3 is 15.4 Å². The summed E-state index contributed by atoms with van der Waals surface area (Å²) in [7, 11) is 0. The highest BCUT2D eigenvalue weighted by atomic mass is 32.2. The van der Waals surface area contributed by atoms with Crippen LogP contribution in [0.25, 0.3) is 0 Å². The first-order valence-corrected chi connectivity index (χ1v) is 9.78. The minimum atomic E-state index is -0.484. The molecule has 0 aliphatic carbocycles. The molecule has 2 rings (SSSR count). The van der Waals surface area contributed by atoms with Crippen molar-refractivity contribution in [3.05, 3.63) is 29.8 Å². The quantitative estimate of drug-likeness (QED) is 0.807. The van der Waals surface area contributed by atoms with Gasteiger partial charge in [0.25, 0.3) is 0 Å². The number of piperidine rings is 1. The lowest BCUT2D eigenvalue weighted by Gasteiger charge is -2.39. The van der Waals surface area contributed by atoms with Gasteiger partial charge in [0.1, 0.15) is 5.60 Å². The molecule has 4 nitrogen and oxygen atoms in total. The number of amides is 1. The SMILES string of the molecule is CCSc1ccc(C(N)C2CCCCN2C(=O)OC(C)(C)C)cc1. The molecule has 0 spiro atoms. The highest BCUT2D eigenvalue weighted by molar-refractivity contribution is 7.99. The first-order valence-electron chi connectivity index (χ1n) is 8.80. The molecule has 2 atom stereocenters. The van der Waals surface area contributed by atoms with Crippen LogP contribution >= 0.6 is 11.8 Å². The highest BCUT2D eigenvalue weighted by Crippen LogP contribution is 2.29. The van der Waals surface area contributed by atoms with Crippen LogP contribution in [0.1, 0.15) is 58.6 Å². The first-order chi connectivity index (χ1) is 11.3. The second kappa shape index (κ2) is 8.26. The number of carbonyl (C=O) groups is 1. The van der Waals surface area contributed by atoms with Gasteiger partial charge in [-0.1, -0.05) is 19.1 Å². The van der Waals surface area contributed by atoms with Crippen molar-refractivity contribution in [3.8, 4) is 0 Å². The zero-order chi connectivity index (χ0) is 17.7. The Kier molecular flexibility index (Phi) is 6.58. The molecular weight excluding hydrogens is 320 g/mol. The summed E-state index contributed by atoms with van der Waals surface area (Å²) in [6, 6.07) is 8.22. The molecule has 1 aliphatic rings. The van der Waals surface area contributed by atoms with E-state index in [1.54, 1.807) is 0 Å². The van der Waals surface area contributed by atoms with Gasteiger partial charge in [0.2, 0.25) is 0 Å². The van der Waals surface area contributed by atoms with E-state index in [1.165, 1.54) is 4.90 Å². The van der Waals surface area contributed by atoms with Crippen LogP contribution in [-0.2, 0) is 4.74 Å². The van der Waals surface area contributed by atoms with Crippen LogP contribution in [0.15, 0.2) is 29.2 Å². The zero-order valence-corrected chi connectivity index (χ0v) is 16.1. The molecule has 0 radical (unpaired) electrons. The molecule has 134 valence electrons. The van der Waals surface area contributed by atoms with E-state index in [2.05, 4.69) is 31.2 Å². The topological polar surface area (TPSA) is 55.6 Å². The number of hydrogen-bond donors (Lipinski definition) is 1. The van der Waals surface area contributed by atoms with E-state index in [-0.39, 0.29) is 18.2 Å². The van der Waals surface area contributed by atoms with Crippen LogP contribution in [0.3, 0.4) is 0 Å². The Bertz CT molecular complexity index is 539. The molecule has 0 saturated carbocycles. The maximum Gasteiger partial charge on any atom is 0.410 e. The van der Waals surface area contributed by atoms with E-state index in [0.29, 0.717) is 0 Å². The average Bonchev–Trinajstić information content (AvgIpc) is 2.53. The first kappa shape index (κ1) is 19.1. The van der Waals surface area contributed by atoms with Gasteiger partial charge in [-0.05, 0) is 63.5 Å². The van der Waals surface area contributed by atoms with Crippen LogP contribution in [-0.4, -0.2) is 34.9 Å². The minimum absolute atomic E-state index is 0.00159. The number of nitrogens with zero attached hydrogens (tertiary/aromatic N) is 1. The molecule has 1 heterocycles. The predicted octanol–water partition coefficient (Wildman–Crippen LogP) is 4.59. The lowest BCUT2D eigenvalue weighted by Crippen LogP contribution is -2.50. The van der Waals surface area contributed by atoms with Gasteiger partial charge in [0.05, 0.1) is 12.1 Å². The molecule has 1 amide bonds. The molecule has 2 unspecified atom stereocenters. The fourth-order valence-electron chi connectivity index (χ4n) is 3.05. The smallest absolute Gasteiger partial charge is 0.410 e. The molecular formula is C19H30N2O2S. The number of hydrogen-bond acceptors (Lipinski definition) is 4. The standard InChI is InChI=1S/C19H30N2O2S/c1-5-24-15-11-9-14(10-12-15)17(20)16-8-6-7-13-21(16)18(22)23-19(2,3)4/h9-12,16-17H,5-8,13,20H2,1-4H3. The molecule has 1 aliphatic heterocycles. The lowest BCUT2D eigenvalue weighted by molar-refractivity contribution is 0.00648. The van der Waals surface area contributed by atoms with Crippen LogP contribution in [0.2, 0.25) is 0 Å². The summed E-state index contributed by atoms with van der Waals surface area (Å²) >= 11 is 1.82. The summed E-state index contributed by atoms with van der Waals surface area (Å²) in [6.45, 7) is 8.55. The van der Waals surface area contributed by atoms with Gasteiger partial charge in [-0.25, -0.2) is 4.79 Å². The van der Waals surface area contributed by atoms with Crippen molar-refractivity contribution in [3.63, 3.8) is 0 Å². The van der Waals surface area contributed by atoms with Crippen molar-refractivity contribution < 1.29 is 9.53 Å². The lowest BCUT2D eigenvalue weighted by atomic mass is 9.92. The normalized spacial score (nSPS) is 19.9. The zero-order valence-electron chi connectivity index (χ0n) is 15.2. The van der Waals surface area contributed by atoms with Gasteiger partial charge in [-0.3, -0.25) is 0 Å². The van der Waals surface area contributed by atoms with E-state index < -0.39 is 5.60 Å². The van der Waals surface area contributed by atoms with Crippen molar-refractivity contribution in [1.29, 1.82) is 0 Å². The molecule has 1 aromatic carbocycles. The van der Waals surface area contributed by atoms with E-state index in [1.807, 2.05) is 37.4 Å². The summed E-state index contributed by atoms with van der Waals surface area (Å²) in [4.78, 5) is 15.6. The fourth-order valence-corrected chi connectivity index (χ4v) is 3.71. The van der Waals surface area contributed by atoms with Crippen LogP contribution in [0.5, 0.6) is 0 Å². The summed E-state index contributed by atoms with van der Waals surface area (Å²) in [5.41, 5.74) is 7.13. The van der Waals surface area contributed by atoms with Gasteiger partial charge in [-0.15, -0.1) is 11.8 Å². The predicted molar refractivity (Wildman–Crippen MR) is 100 cm³/mol. The number of carbonyl (C=O) groups excluding carboxylic acids is 1. The highest BCUT2D eigenvalue weighted by Gasteiger charge is 2.34. The Labute approximate surface area is 150 Å². The van der Waals surface area contributed by atoms with Gasteiger partial charge >= 0.3 is 6.09 Å². The number of likely N-dealkylation sites (tertiary alicyclic amines) is 1. The van der Waals surface area contributed by atoms with E-state index in [0.717, 1.165) is 37.1 Å². The van der Waals surface area contributed by atoms with Crippen molar-refractivity contribution in [2.45, 2.75) is 69.5 Å². The van der Waals surface area contributed by atoms with Crippen LogP contribution in [0, 0.1) is 0 Å². The number of benzene rings is 1.